The molecule has 0 rings (SSSR count). The molecule has 0 atom stereocenters. The lowest BCUT2D eigenvalue weighted by molar-refractivity contribution is 0.563. The SMILES string of the molecule is N#CCCP(=O)(CCC#N)P(=O)(CCC#N)CCC#N. The predicted octanol–water partition coefficient (Wildman–Crippen LogP) is 3.28. The second-order valence-electron chi connectivity index (χ2n) is 4.22. The molecule has 0 amide bonds. The lowest BCUT2D eigenvalue weighted by Gasteiger charge is -2.26. The number of rotatable bonds is 9. The van der Waals surface area contributed by atoms with Crippen molar-refractivity contribution in [2.75, 3.05) is 24.6 Å². The van der Waals surface area contributed by atoms with Crippen molar-refractivity contribution in [3.8, 4) is 24.3 Å². The number of hydrogen-bond acceptors (Lipinski definition) is 6. The van der Waals surface area contributed by atoms with E-state index in [0.29, 0.717) is 0 Å². The molecule has 0 aromatic rings. The molecule has 0 N–H and O–H groups in total. The fourth-order valence-corrected chi connectivity index (χ4v) is 11.1. The number of hydrogen-bond donors (Lipinski definition) is 0. The fraction of sp³-hybridized carbons (Fsp3) is 0.667. The van der Waals surface area contributed by atoms with E-state index in [1.54, 1.807) is 0 Å². The van der Waals surface area contributed by atoms with Gasteiger partial charge >= 0.3 is 0 Å². The summed E-state index contributed by atoms with van der Waals surface area (Å²) in [5.41, 5.74) is 0. The zero-order valence-electron chi connectivity index (χ0n) is 11.2. The minimum atomic E-state index is -3.23. The first-order valence-corrected chi connectivity index (χ1v) is 11.0. The van der Waals surface area contributed by atoms with Crippen molar-refractivity contribution in [3.05, 3.63) is 0 Å². The highest BCUT2D eigenvalue weighted by Gasteiger charge is 2.41. The summed E-state index contributed by atoms with van der Waals surface area (Å²) in [5, 5.41) is 34.6. The van der Waals surface area contributed by atoms with Crippen LogP contribution < -0.4 is 0 Å². The maximum Gasteiger partial charge on any atom is 0.145 e. The Balaban J connectivity index is 5.40. The van der Waals surface area contributed by atoms with E-state index < -0.39 is 13.7 Å². The Kier molecular flexibility index (Phi) is 8.61. The summed E-state index contributed by atoms with van der Waals surface area (Å²) in [4.78, 5) is 0. The third-order valence-electron chi connectivity index (χ3n) is 2.96. The summed E-state index contributed by atoms with van der Waals surface area (Å²) in [6, 6.07) is 7.51. The average Bonchev–Trinajstić information content (AvgIpc) is 2.46. The van der Waals surface area contributed by atoms with Crippen molar-refractivity contribution < 1.29 is 9.13 Å². The minimum Gasteiger partial charge on any atom is -0.316 e. The molecule has 0 aliphatic rings. The van der Waals surface area contributed by atoms with E-state index in [1.165, 1.54) is 0 Å². The van der Waals surface area contributed by atoms with Crippen LogP contribution in [0.2, 0.25) is 0 Å². The summed E-state index contributed by atoms with van der Waals surface area (Å²) < 4.78 is 26.0. The van der Waals surface area contributed by atoms with Crippen molar-refractivity contribution >= 4 is 13.7 Å². The molecule has 0 radical (unpaired) electrons. The van der Waals surface area contributed by atoms with E-state index in [-0.39, 0.29) is 50.3 Å². The van der Waals surface area contributed by atoms with Crippen LogP contribution in [-0.4, -0.2) is 24.6 Å². The van der Waals surface area contributed by atoms with E-state index in [2.05, 4.69) is 0 Å². The van der Waals surface area contributed by atoms with Gasteiger partial charge in [0, 0.05) is 50.3 Å². The zero-order chi connectivity index (χ0) is 15.5. The van der Waals surface area contributed by atoms with E-state index in [0.717, 1.165) is 0 Å². The van der Waals surface area contributed by atoms with E-state index >= 15 is 0 Å². The highest BCUT2D eigenvalue weighted by Crippen LogP contribution is 2.81. The van der Waals surface area contributed by atoms with Gasteiger partial charge in [0.1, 0.15) is 13.7 Å². The van der Waals surface area contributed by atoms with Crippen molar-refractivity contribution in [1.29, 1.82) is 21.0 Å². The van der Waals surface area contributed by atoms with Crippen molar-refractivity contribution in [1.82, 2.24) is 0 Å². The Morgan fingerprint density at radius 3 is 0.900 bits per heavy atom. The Bertz CT molecular complexity index is 478. The molecule has 0 bridgehead atoms. The van der Waals surface area contributed by atoms with Gasteiger partial charge in [-0.3, -0.25) is 0 Å². The molecule has 0 aliphatic carbocycles. The van der Waals surface area contributed by atoms with Crippen LogP contribution in [0.15, 0.2) is 0 Å². The molecule has 0 saturated carbocycles. The van der Waals surface area contributed by atoms with Gasteiger partial charge in [0.25, 0.3) is 0 Å². The quantitative estimate of drug-likeness (QED) is 0.601. The molecular weight excluding hydrogens is 294 g/mol. The minimum absolute atomic E-state index is 0.000680. The van der Waals surface area contributed by atoms with E-state index in [1.807, 2.05) is 24.3 Å². The largest absolute Gasteiger partial charge is 0.316 e. The first-order chi connectivity index (χ1) is 9.49. The summed E-state index contributed by atoms with van der Waals surface area (Å²) in [6.45, 7) is -6.45. The Hall–Kier alpha value is -1.58. The van der Waals surface area contributed by atoms with Crippen LogP contribution >= 0.6 is 13.7 Å². The molecule has 106 valence electrons. The molecule has 0 fully saturated rings. The third kappa shape index (κ3) is 5.19. The number of nitriles is 4. The van der Waals surface area contributed by atoms with Gasteiger partial charge in [-0.2, -0.15) is 21.0 Å². The molecule has 0 aromatic carbocycles. The maximum atomic E-state index is 13.0. The van der Waals surface area contributed by atoms with Crippen LogP contribution in [0.5, 0.6) is 0 Å². The lowest BCUT2D eigenvalue weighted by atomic mass is 10.5. The topological polar surface area (TPSA) is 129 Å². The van der Waals surface area contributed by atoms with E-state index in [4.69, 9.17) is 21.0 Å². The van der Waals surface area contributed by atoms with Gasteiger partial charge < -0.3 is 9.13 Å². The summed E-state index contributed by atoms with van der Waals surface area (Å²) in [7, 11) is 0. The van der Waals surface area contributed by atoms with Crippen molar-refractivity contribution in [2.24, 2.45) is 0 Å². The zero-order valence-corrected chi connectivity index (χ0v) is 12.9. The molecule has 0 saturated heterocycles. The van der Waals surface area contributed by atoms with Crippen LogP contribution in [0, 0.1) is 45.3 Å². The molecule has 8 heteroatoms. The van der Waals surface area contributed by atoms with Gasteiger partial charge in [-0.1, -0.05) is 0 Å². The normalized spacial score (nSPS) is 10.8. The predicted molar refractivity (Wildman–Crippen MR) is 75.6 cm³/mol. The monoisotopic (exact) mass is 310 g/mol. The van der Waals surface area contributed by atoms with Gasteiger partial charge in [0.05, 0.1) is 24.3 Å². The van der Waals surface area contributed by atoms with Gasteiger partial charge in [-0.25, -0.2) is 0 Å². The smallest absolute Gasteiger partial charge is 0.145 e. The van der Waals surface area contributed by atoms with Gasteiger partial charge in [0.15, 0.2) is 0 Å². The van der Waals surface area contributed by atoms with E-state index in [9.17, 15) is 9.13 Å². The fourth-order valence-electron chi connectivity index (χ4n) is 1.85. The van der Waals surface area contributed by atoms with Crippen LogP contribution in [0.1, 0.15) is 25.7 Å². The lowest BCUT2D eigenvalue weighted by Crippen LogP contribution is -2.03. The molecule has 0 spiro atoms. The second kappa shape index (κ2) is 9.34. The maximum absolute atomic E-state index is 13.0. The van der Waals surface area contributed by atoms with Gasteiger partial charge in [-0.15, -0.1) is 0 Å². The summed E-state index contributed by atoms with van der Waals surface area (Å²) in [6.07, 6.45) is 0.0203. The van der Waals surface area contributed by atoms with Crippen molar-refractivity contribution in [3.63, 3.8) is 0 Å². The first-order valence-electron chi connectivity index (χ1n) is 6.14. The summed E-state index contributed by atoms with van der Waals surface area (Å²) in [5.74, 6) is 0. The van der Waals surface area contributed by atoms with Crippen LogP contribution in [0.3, 0.4) is 0 Å². The van der Waals surface area contributed by atoms with Crippen molar-refractivity contribution in [2.45, 2.75) is 25.7 Å². The molecular formula is C12H16N4O2P2. The third-order valence-corrected chi connectivity index (χ3v) is 14.4. The highest BCUT2D eigenvalue weighted by molar-refractivity contribution is 8.36. The summed E-state index contributed by atoms with van der Waals surface area (Å²) >= 11 is 0. The Morgan fingerprint density at radius 2 is 0.750 bits per heavy atom. The van der Waals surface area contributed by atoms with Crippen LogP contribution in [0.25, 0.3) is 0 Å². The highest BCUT2D eigenvalue weighted by atomic mass is 32.1. The average molecular weight is 310 g/mol. The number of nitrogens with zero attached hydrogens (tertiary/aromatic N) is 4. The molecule has 0 aliphatic heterocycles. The van der Waals surface area contributed by atoms with Crippen LogP contribution in [-0.2, 0) is 9.13 Å². The standard InChI is InChI=1S/C12H16N4O2P2/c13-5-1-9-19(17,10-2-6-14)20(18,11-3-7-15)12-4-8-16/h1-4,9-12H2. The van der Waals surface area contributed by atoms with Gasteiger partial charge in [-0.05, 0) is 0 Å². The molecule has 20 heavy (non-hydrogen) atoms. The molecule has 0 heterocycles. The Labute approximate surface area is 119 Å². The van der Waals surface area contributed by atoms with Gasteiger partial charge in [0.2, 0.25) is 0 Å². The molecule has 6 nitrogen and oxygen atoms in total. The Morgan fingerprint density at radius 1 is 0.550 bits per heavy atom. The van der Waals surface area contributed by atoms with Crippen LogP contribution in [0.4, 0.5) is 0 Å². The molecule has 0 unspecified atom stereocenters. The molecule has 0 aromatic heterocycles. The second-order valence-corrected chi connectivity index (χ2v) is 13.8. The first kappa shape index (κ1) is 18.4.